The lowest BCUT2D eigenvalue weighted by Crippen LogP contribution is -2.43. The molecule has 1 amide bonds. The van der Waals surface area contributed by atoms with E-state index in [0.29, 0.717) is 13.1 Å². The topological polar surface area (TPSA) is 101 Å². The predicted octanol–water partition coefficient (Wildman–Crippen LogP) is -1.35. The maximum atomic E-state index is 12.4. The van der Waals surface area contributed by atoms with Gasteiger partial charge >= 0.3 is 0 Å². The van der Waals surface area contributed by atoms with Crippen LogP contribution >= 0.6 is 0 Å². The molecule has 1 saturated heterocycles. The van der Waals surface area contributed by atoms with Crippen LogP contribution in [-0.4, -0.2) is 58.3 Å². The molecule has 1 aromatic heterocycles. The average molecular weight is 316 g/mol. The van der Waals surface area contributed by atoms with Crippen molar-refractivity contribution in [2.24, 2.45) is 7.05 Å². The van der Waals surface area contributed by atoms with Crippen molar-refractivity contribution in [3.05, 3.63) is 18.0 Å². The Morgan fingerprint density at radius 1 is 1.48 bits per heavy atom. The van der Waals surface area contributed by atoms with E-state index in [1.54, 1.807) is 14.2 Å². The van der Waals surface area contributed by atoms with Gasteiger partial charge in [-0.15, -0.1) is 0 Å². The van der Waals surface area contributed by atoms with E-state index in [9.17, 15) is 13.2 Å². The van der Waals surface area contributed by atoms with Gasteiger partial charge in [0.2, 0.25) is 10.0 Å². The first-order valence-electron chi connectivity index (χ1n) is 6.53. The van der Waals surface area contributed by atoms with Crippen LogP contribution in [0.4, 0.5) is 0 Å². The van der Waals surface area contributed by atoms with Crippen LogP contribution in [0.5, 0.6) is 0 Å². The minimum absolute atomic E-state index is 0.0605. The number of ether oxygens (including phenoxy) is 1. The predicted molar refractivity (Wildman–Crippen MR) is 76.6 cm³/mol. The van der Waals surface area contributed by atoms with Gasteiger partial charge in [0.1, 0.15) is 10.6 Å². The zero-order valence-corrected chi connectivity index (χ0v) is 13.0. The fourth-order valence-corrected chi connectivity index (χ4v) is 3.66. The Kier molecular flexibility index (Phi) is 4.67. The number of carbonyl (C=O) groups is 1. The highest BCUT2D eigenvalue weighted by molar-refractivity contribution is 7.89. The summed E-state index contributed by atoms with van der Waals surface area (Å²) < 4.78 is 34.1. The molecule has 9 heteroatoms. The van der Waals surface area contributed by atoms with Crippen LogP contribution in [0, 0.1) is 0 Å². The van der Waals surface area contributed by atoms with Crippen molar-refractivity contribution in [2.75, 3.05) is 27.2 Å². The van der Waals surface area contributed by atoms with Gasteiger partial charge in [-0.05, 0) is 6.07 Å². The molecule has 21 heavy (non-hydrogen) atoms. The van der Waals surface area contributed by atoms with Crippen LogP contribution in [0.1, 0.15) is 10.5 Å². The molecule has 0 radical (unpaired) electrons. The van der Waals surface area contributed by atoms with E-state index in [4.69, 9.17) is 4.74 Å². The summed E-state index contributed by atoms with van der Waals surface area (Å²) in [7, 11) is 0.965. The molecule has 0 saturated carbocycles. The Labute approximate surface area is 123 Å². The lowest BCUT2D eigenvalue weighted by Gasteiger charge is -2.18. The summed E-state index contributed by atoms with van der Waals surface area (Å²) in [6.07, 6.45) is 1.21. The molecule has 3 N–H and O–H groups in total. The minimum Gasteiger partial charge on any atom is -0.378 e. The van der Waals surface area contributed by atoms with Crippen LogP contribution in [0.2, 0.25) is 0 Å². The van der Waals surface area contributed by atoms with E-state index in [1.807, 2.05) is 0 Å². The van der Waals surface area contributed by atoms with E-state index in [1.165, 1.54) is 23.9 Å². The Morgan fingerprint density at radius 3 is 2.81 bits per heavy atom. The Hall–Kier alpha value is -1.42. The minimum atomic E-state index is -3.70. The third-order valence-corrected chi connectivity index (χ3v) is 4.97. The van der Waals surface area contributed by atoms with E-state index in [-0.39, 0.29) is 28.6 Å². The molecule has 2 rings (SSSR count). The first-order chi connectivity index (χ1) is 9.89. The van der Waals surface area contributed by atoms with Crippen molar-refractivity contribution in [3.63, 3.8) is 0 Å². The molecular weight excluding hydrogens is 296 g/mol. The van der Waals surface area contributed by atoms with E-state index < -0.39 is 10.0 Å². The molecule has 0 aromatic carbocycles. The number of methoxy groups -OCH3 is 1. The molecule has 1 aromatic rings. The Morgan fingerprint density at radius 2 is 2.19 bits per heavy atom. The van der Waals surface area contributed by atoms with Gasteiger partial charge in [0.15, 0.2) is 0 Å². The van der Waals surface area contributed by atoms with Gasteiger partial charge in [-0.2, -0.15) is 0 Å². The number of nitrogens with one attached hydrogen (secondary N) is 3. The lowest BCUT2D eigenvalue weighted by atomic mass is 10.2. The monoisotopic (exact) mass is 316 g/mol. The van der Waals surface area contributed by atoms with Gasteiger partial charge in [0, 0.05) is 40.5 Å². The molecule has 1 aliphatic rings. The second-order valence-electron chi connectivity index (χ2n) is 4.91. The summed E-state index contributed by atoms with van der Waals surface area (Å²) in [5.41, 5.74) is 0.283. The van der Waals surface area contributed by atoms with Crippen molar-refractivity contribution >= 4 is 15.9 Å². The number of nitrogens with zero attached hydrogens (tertiary/aromatic N) is 1. The Balaban J connectivity index is 2.22. The van der Waals surface area contributed by atoms with Crippen LogP contribution in [-0.2, 0) is 21.8 Å². The average Bonchev–Trinajstić information content (AvgIpc) is 3.04. The van der Waals surface area contributed by atoms with Crippen LogP contribution in [0.3, 0.4) is 0 Å². The van der Waals surface area contributed by atoms with Crippen LogP contribution in [0.25, 0.3) is 0 Å². The largest absolute Gasteiger partial charge is 0.378 e. The molecule has 0 spiro atoms. The standard InChI is InChI=1S/C12H20N4O4S/c1-13-12(17)10-4-8(7-16(10)2)21(18,19)15-9-5-14-6-11(9)20-3/h4,7,9,11,14-15H,5-6H2,1-3H3,(H,13,17)/t9?,11-/m0/s1. The number of aryl methyl sites for hydroxylation is 1. The van der Waals surface area contributed by atoms with Crippen LogP contribution in [0.15, 0.2) is 17.2 Å². The molecule has 118 valence electrons. The van der Waals surface area contributed by atoms with Crippen LogP contribution < -0.4 is 15.4 Å². The summed E-state index contributed by atoms with van der Waals surface area (Å²) in [6, 6.07) is 1.02. The summed E-state index contributed by atoms with van der Waals surface area (Å²) in [5, 5.41) is 5.54. The molecule has 0 aliphatic carbocycles. The van der Waals surface area contributed by atoms with Gasteiger partial charge in [-0.3, -0.25) is 4.79 Å². The third kappa shape index (κ3) is 3.26. The quantitative estimate of drug-likeness (QED) is 0.623. The maximum absolute atomic E-state index is 12.4. The molecule has 1 aliphatic heterocycles. The first kappa shape index (κ1) is 16.0. The van der Waals surface area contributed by atoms with E-state index >= 15 is 0 Å². The van der Waals surface area contributed by atoms with Crippen molar-refractivity contribution in [3.8, 4) is 0 Å². The molecule has 8 nitrogen and oxygen atoms in total. The second kappa shape index (κ2) is 6.14. The maximum Gasteiger partial charge on any atom is 0.267 e. The molecule has 2 atom stereocenters. The SMILES string of the molecule is CNC(=O)c1cc(S(=O)(=O)NC2CNC[C@@H]2OC)cn1C. The molecular formula is C12H20N4O4S. The molecule has 1 unspecified atom stereocenters. The van der Waals surface area contributed by atoms with Gasteiger partial charge in [0.25, 0.3) is 5.91 Å². The zero-order chi connectivity index (χ0) is 15.6. The zero-order valence-electron chi connectivity index (χ0n) is 12.2. The third-order valence-electron chi connectivity index (χ3n) is 3.52. The first-order valence-corrected chi connectivity index (χ1v) is 8.01. The Bertz CT molecular complexity index is 625. The smallest absolute Gasteiger partial charge is 0.267 e. The summed E-state index contributed by atoms with van der Waals surface area (Å²) in [6.45, 7) is 1.11. The van der Waals surface area contributed by atoms with Gasteiger partial charge in [0.05, 0.1) is 12.1 Å². The van der Waals surface area contributed by atoms with Crippen molar-refractivity contribution in [1.29, 1.82) is 0 Å². The van der Waals surface area contributed by atoms with Gasteiger partial charge < -0.3 is 19.9 Å². The summed E-state index contributed by atoms with van der Waals surface area (Å²) >= 11 is 0. The number of amides is 1. The molecule has 0 bridgehead atoms. The highest BCUT2D eigenvalue weighted by atomic mass is 32.2. The molecule has 2 heterocycles. The number of aromatic nitrogens is 1. The van der Waals surface area contributed by atoms with Crippen molar-refractivity contribution < 1.29 is 17.9 Å². The van der Waals surface area contributed by atoms with Gasteiger partial charge in [-0.1, -0.05) is 0 Å². The normalized spacial score (nSPS) is 22.4. The summed E-state index contributed by atoms with van der Waals surface area (Å²) in [5.74, 6) is -0.337. The summed E-state index contributed by atoms with van der Waals surface area (Å²) in [4.78, 5) is 11.7. The van der Waals surface area contributed by atoms with E-state index in [2.05, 4.69) is 15.4 Å². The fraction of sp³-hybridized carbons (Fsp3) is 0.583. The fourth-order valence-electron chi connectivity index (χ4n) is 2.32. The number of hydrogen-bond acceptors (Lipinski definition) is 5. The molecule has 1 fully saturated rings. The highest BCUT2D eigenvalue weighted by Gasteiger charge is 2.32. The van der Waals surface area contributed by atoms with E-state index in [0.717, 1.165) is 0 Å². The number of rotatable bonds is 5. The van der Waals surface area contributed by atoms with Gasteiger partial charge in [-0.25, -0.2) is 13.1 Å². The van der Waals surface area contributed by atoms with Crippen molar-refractivity contribution in [2.45, 2.75) is 17.0 Å². The lowest BCUT2D eigenvalue weighted by molar-refractivity contribution is 0.0955. The number of hydrogen-bond donors (Lipinski definition) is 3. The number of carbonyl (C=O) groups excluding carboxylic acids is 1. The number of sulfonamides is 1. The van der Waals surface area contributed by atoms with Crippen molar-refractivity contribution in [1.82, 2.24) is 19.9 Å². The second-order valence-corrected chi connectivity index (χ2v) is 6.63. The highest BCUT2D eigenvalue weighted by Crippen LogP contribution is 2.15.